The highest BCUT2D eigenvalue weighted by molar-refractivity contribution is 5.74. The van der Waals surface area contributed by atoms with Gasteiger partial charge in [-0.25, -0.2) is 0 Å². The molecule has 1 saturated carbocycles. The fourth-order valence-corrected chi connectivity index (χ4v) is 2.29. The van der Waals surface area contributed by atoms with E-state index < -0.39 is 0 Å². The fourth-order valence-electron chi connectivity index (χ4n) is 2.29. The van der Waals surface area contributed by atoms with Gasteiger partial charge in [0.2, 0.25) is 0 Å². The highest BCUT2D eigenvalue weighted by Crippen LogP contribution is 2.41. The monoisotopic (exact) mass is 231 g/mol. The van der Waals surface area contributed by atoms with Gasteiger partial charge in [0, 0.05) is 17.5 Å². The number of para-hydroxylation sites is 2. The quantitative estimate of drug-likeness (QED) is 0.832. The number of anilines is 1. The van der Waals surface area contributed by atoms with Gasteiger partial charge in [-0.2, -0.15) is 4.98 Å². The number of aromatic nitrogens is 1. The Morgan fingerprint density at radius 3 is 2.82 bits per heavy atom. The van der Waals surface area contributed by atoms with Crippen molar-refractivity contribution >= 4 is 17.1 Å². The van der Waals surface area contributed by atoms with E-state index in [1.807, 2.05) is 24.3 Å². The van der Waals surface area contributed by atoms with Gasteiger partial charge in [0.25, 0.3) is 6.01 Å². The number of oxazole rings is 1. The van der Waals surface area contributed by atoms with E-state index in [1.165, 1.54) is 0 Å². The Hall–Kier alpha value is -1.55. The third-order valence-electron chi connectivity index (χ3n) is 3.93. The lowest BCUT2D eigenvalue weighted by molar-refractivity contribution is 0.115. The summed E-state index contributed by atoms with van der Waals surface area (Å²) in [5.74, 6) is 0. The van der Waals surface area contributed by atoms with E-state index in [2.05, 4.69) is 24.1 Å². The zero-order valence-electron chi connectivity index (χ0n) is 10.1. The van der Waals surface area contributed by atoms with E-state index >= 15 is 0 Å². The maximum atomic E-state index is 5.98. The summed E-state index contributed by atoms with van der Waals surface area (Å²) >= 11 is 0. The van der Waals surface area contributed by atoms with Gasteiger partial charge in [-0.15, -0.1) is 0 Å². The molecule has 0 saturated heterocycles. The molecule has 4 nitrogen and oxygen atoms in total. The number of hydrogen-bond donors (Lipinski definition) is 2. The molecule has 3 N–H and O–H groups in total. The molecule has 0 aliphatic heterocycles. The average molecular weight is 231 g/mol. The van der Waals surface area contributed by atoms with E-state index in [-0.39, 0.29) is 11.5 Å². The molecule has 1 aliphatic carbocycles. The van der Waals surface area contributed by atoms with E-state index in [1.54, 1.807) is 0 Å². The van der Waals surface area contributed by atoms with Gasteiger partial charge in [-0.3, -0.25) is 0 Å². The van der Waals surface area contributed by atoms with Crippen LogP contribution in [0.15, 0.2) is 28.7 Å². The second kappa shape index (κ2) is 3.47. The third-order valence-corrected chi connectivity index (χ3v) is 3.93. The summed E-state index contributed by atoms with van der Waals surface area (Å²) in [6.07, 6.45) is 0.964. The largest absolute Gasteiger partial charge is 0.424 e. The zero-order chi connectivity index (χ0) is 12.0. The standard InChI is InChI=1S/C13H17N3O/c1-13(2)10(14)7-11(13)16-12-15-8-5-3-4-6-9(8)17-12/h3-6,10-11H,7,14H2,1-2H3,(H,15,16). The van der Waals surface area contributed by atoms with Gasteiger partial charge in [0.1, 0.15) is 5.52 Å². The number of nitrogens with zero attached hydrogens (tertiary/aromatic N) is 1. The molecule has 0 bridgehead atoms. The summed E-state index contributed by atoms with van der Waals surface area (Å²) in [5.41, 5.74) is 7.78. The Morgan fingerprint density at radius 2 is 2.18 bits per heavy atom. The summed E-state index contributed by atoms with van der Waals surface area (Å²) in [6, 6.07) is 8.96. The van der Waals surface area contributed by atoms with Gasteiger partial charge in [-0.05, 0) is 18.6 Å². The van der Waals surface area contributed by atoms with Crippen molar-refractivity contribution in [2.45, 2.75) is 32.4 Å². The molecule has 0 radical (unpaired) electrons. The first-order valence-corrected chi connectivity index (χ1v) is 5.95. The summed E-state index contributed by atoms with van der Waals surface area (Å²) in [5, 5.41) is 3.33. The minimum Gasteiger partial charge on any atom is -0.424 e. The van der Waals surface area contributed by atoms with Crippen LogP contribution in [0.4, 0.5) is 6.01 Å². The van der Waals surface area contributed by atoms with Crippen LogP contribution < -0.4 is 11.1 Å². The molecule has 2 atom stereocenters. The minimum atomic E-state index is 0.0979. The average Bonchev–Trinajstić information content (AvgIpc) is 2.71. The van der Waals surface area contributed by atoms with E-state index in [9.17, 15) is 0 Å². The summed E-state index contributed by atoms with van der Waals surface area (Å²) in [6.45, 7) is 4.34. The van der Waals surface area contributed by atoms with Crippen molar-refractivity contribution < 1.29 is 4.42 Å². The van der Waals surface area contributed by atoms with Crippen LogP contribution in [-0.4, -0.2) is 17.1 Å². The van der Waals surface area contributed by atoms with Gasteiger partial charge >= 0.3 is 0 Å². The SMILES string of the molecule is CC1(C)C(N)CC1Nc1nc2ccccc2o1. The van der Waals surface area contributed by atoms with Gasteiger partial charge in [0.05, 0.1) is 0 Å². The van der Waals surface area contributed by atoms with Crippen LogP contribution in [0.25, 0.3) is 11.1 Å². The topological polar surface area (TPSA) is 64.1 Å². The predicted octanol–water partition coefficient (Wildman–Crippen LogP) is 2.37. The number of fused-ring (bicyclic) bond motifs is 1. The molecule has 17 heavy (non-hydrogen) atoms. The molecule has 1 fully saturated rings. The molecule has 90 valence electrons. The lowest BCUT2D eigenvalue weighted by Gasteiger charge is -2.50. The Kier molecular flexibility index (Phi) is 2.16. The second-order valence-corrected chi connectivity index (χ2v) is 5.35. The molecule has 4 heteroatoms. The van der Waals surface area contributed by atoms with Crippen molar-refractivity contribution in [3.63, 3.8) is 0 Å². The second-order valence-electron chi connectivity index (χ2n) is 5.35. The van der Waals surface area contributed by atoms with E-state index in [4.69, 9.17) is 10.2 Å². The molecular formula is C13H17N3O. The minimum absolute atomic E-state index is 0.0979. The van der Waals surface area contributed by atoms with Crippen molar-refractivity contribution in [1.29, 1.82) is 0 Å². The van der Waals surface area contributed by atoms with Crippen LogP contribution in [0, 0.1) is 5.41 Å². The summed E-state index contributed by atoms with van der Waals surface area (Å²) < 4.78 is 5.64. The maximum Gasteiger partial charge on any atom is 0.295 e. The van der Waals surface area contributed by atoms with E-state index in [0.29, 0.717) is 12.1 Å². The van der Waals surface area contributed by atoms with Gasteiger partial charge in [-0.1, -0.05) is 26.0 Å². The molecular weight excluding hydrogens is 214 g/mol. The van der Waals surface area contributed by atoms with Crippen molar-refractivity contribution in [3.8, 4) is 0 Å². The Bertz CT molecular complexity index is 513. The molecule has 1 aromatic heterocycles. The fraction of sp³-hybridized carbons (Fsp3) is 0.462. The maximum absolute atomic E-state index is 5.98. The third kappa shape index (κ3) is 1.60. The van der Waals surface area contributed by atoms with Crippen LogP contribution in [0.1, 0.15) is 20.3 Å². The first kappa shape index (κ1) is 10.6. The lowest BCUT2D eigenvalue weighted by Crippen LogP contribution is -2.61. The van der Waals surface area contributed by atoms with Crippen LogP contribution in [0.3, 0.4) is 0 Å². The van der Waals surface area contributed by atoms with Gasteiger partial charge in [0.15, 0.2) is 5.58 Å². The zero-order valence-corrected chi connectivity index (χ0v) is 10.1. The molecule has 1 aromatic carbocycles. The smallest absolute Gasteiger partial charge is 0.295 e. The Morgan fingerprint density at radius 1 is 1.41 bits per heavy atom. The molecule has 0 spiro atoms. The van der Waals surface area contributed by atoms with Crippen LogP contribution in [0.2, 0.25) is 0 Å². The number of benzene rings is 1. The number of rotatable bonds is 2. The molecule has 1 aliphatic rings. The molecule has 2 aromatic rings. The van der Waals surface area contributed by atoms with Crippen LogP contribution in [-0.2, 0) is 0 Å². The summed E-state index contributed by atoms with van der Waals surface area (Å²) in [4.78, 5) is 4.41. The van der Waals surface area contributed by atoms with Crippen LogP contribution in [0.5, 0.6) is 0 Å². The Labute approximate surface area is 100 Å². The molecule has 2 unspecified atom stereocenters. The van der Waals surface area contributed by atoms with Gasteiger partial charge < -0.3 is 15.5 Å². The molecule has 3 rings (SSSR count). The predicted molar refractivity (Wildman–Crippen MR) is 67.8 cm³/mol. The highest BCUT2D eigenvalue weighted by atomic mass is 16.4. The number of nitrogens with two attached hydrogens (primary N) is 1. The summed E-state index contributed by atoms with van der Waals surface area (Å²) in [7, 11) is 0. The Balaban J connectivity index is 1.82. The molecule has 0 amide bonds. The van der Waals surface area contributed by atoms with Crippen molar-refractivity contribution in [1.82, 2.24) is 4.98 Å². The van der Waals surface area contributed by atoms with Crippen molar-refractivity contribution in [2.24, 2.45) is 11.1 Å². The lowest BCUT2D eigenvalue weighted by atomic mass is 9.63. The van der Waals surface area contributed by atoms with E-state index in [0.717, 1.165) is 17.5 Å². The number of nitrogens with one attached hydrogen (secondary N) is 1. The highest BCUT2D eigenvalue weighted by Gasteiger charge is 2.46. The van der Waals surface area contributed by atoms with Crippen molar-refractivity contribution in [2.75, 3.05) is 5.32 Å². The first-order chi connectivity index (χ1) is 8.07. The van der Waals surface area contributed by atoms with Crippen molar-refractivity contribution in [3.05, 3.63) is 24.3 Å². The normalized spacial score (nSPS) is 26.8. The first-order valence-electron chi connectivity index (χ1n) is 5.95. The number of hydrogen-bond acceptors (Lipinski definition) is 4. The molecule has 1 heterocycles. The van der Waals surface area contributed by atoms with Crippen LogP contribution >= 0.6 is 0 Å².